The molecule has 1 aliphatic heterocycles. The van der Waals surface area contributed by atoms with E-state index in [1.54, 1.807) is 17.2 Å². The number of aromatic nitrogens is 4. The van der Waals surface area contributed by atoms with Crippen LogP contribution in [0.25, 0.3) is 17.1 Å². The van der Waals surface area contributed by atoms with Crippen molar-refractivity contribution in [1.82, 2.24) is 24.2 Å². The standard InChI is InChI=1S/C24H27ClFN5O3/c1-2-3-15-34-24(33)29-13-4-5-19(11-14-29)31-23(32)30(18-8-6-17(26)7-9-18)22(28-31)20-10-12-27-16-21(20)25/h6-10,12,16,19H,2-5,11,13-15H2,1H3. The van der Waals surface area contributed by atoms with E-state index < -0.39 is 5.82 Å². The molecule has 1 amide bonds. The largest absolute Gasteiger partial charge is 0.449 e. The van der Waals surface area contributed by atoms with Crippen molar-refractivity contribution in [3.8, 4) is 17.1 Å². The quantitative estimate of drug-likeness (QED) is 0.464. The number of carbonyl (C=O) groups is 1. The van der Waals surface area contributed by atoms with Gasteiger partial charge < -0.3 is 9.64 Å². The molecular formula is C24H27ClFN5O3. The highest BCUT2D eigenvalue weighted by atomic mass is 35.5. The summed E-state index contributed by atoms with van der Waals surface area (Å²) in [7, 11) is 0. The predicted molar refractivity (Wildman–Crippen MR) is 127 cm³/mol. The zero-order valence-corrected chi connectivity index (χ0v) is 19.7. The monoisotopic (exact) mass is 487 g/mol. The van der Waals surface area contributed by atoms with Gasteiger partial charge in [-0.3, -0.25) is 4.98 Å². The Morgan fingerprint density at radius 2 is 2.00 bits per heavy atom. The van der Waals surface area contributed by atoms with E-state index >= 15 is 0 Å². The summed E-state index contributed by atoms with van der Waals surface area (Å²) in [5, 5.41) is 5.01. The Morgan fingerprint density at radius 1 is 1.21 bits per heavy atom. The van der Waals surface area contributed by atoms with E-state index in [1.807, 2.05) is 6.92 Å². The third-order valence-electron chi connectivity index (χ3n) is 5.92. The molecule has 0 saturated carbocycles. The van der Waals surface area contributed by atoms with Crippen LogP contribution in [0.2, 0.25) is 5.02 Å². The normalized spacial score (nSPS) is 16.3. The van der Waals surface area contributed by atoms with Gasteiger partial charge in [0.2, 0.25) is 0 Å². The number of unbranched alkanes of at least 4 members (excludes halogenated alkanes) is 1. The summed E-state index contributed by atoms with van der Waals surface area (Å²) in [6.07, 6.45) is 6.50. The van der Waals surface area contributed by atoms with Crippen molar-refractivity contribution in [3.05, 3.63) is 64.0 Å². The molecule has 1 aliphatic rings. The maximum Gasteiger partial charge on any atom is 0.409 e. The molecule has 1 saturated heterocycles. The number of hydrogen-bond acceptors (Lipinski definition) is 5. The summed E-state index contributed by atoms with van der Waals surface area (Å²) in [6.45, 7) is 3.49. The molecule has 1 unspecified atom stereocenters. The van der Waals surface area contributed by atoms with Crippen LogP contribution in [0, 0.1) is 5.82 Å². The Morgan fingerprint density at radius 3 is 2.74 bits per heavy atom. The molecule has 2 aromatic heterocycles. The Labute approximate surface area is 201 Å². The number of halogens is 2. The molecule has 0 bridgehead atoms. The van der Waals surface area contributed by atoms with E-state index in [9.17, 15) is 14.0 Å². The number of amides is 1. The Bertz CT molecular complexity index is 1190. The fourth-order valence-corrected chi connectivity index (χ4v) is 4.28. The molecule has 34 heavy (non-hydrogen) atoms. The summed E-state index contributed by atoms with van der Waals surface area (Å²) < 4.78 is 21.8. The van der Waals surface area contributed by atoms with Crippen LogP contribution in [0.15, 0.2) is 47.5 Å². The first kappa shape index (κ1) is 23.9. The van der Waals surface area contributed by atoms with Gasteiger partial charge in [-0.2, -0.15) is 0 Å². The number of benzene rings is 1. The van der Waals surface area contributed by atoms with Crippen LogP contribution in [0.5, 0.6) is 0 Å². The van der Waals surface area contributed by atoms with Gasteiger partial charge in [0.25, 0.3) is 0 Å². The maximum absolute atomic E-state index is 13.6. The molecule has 10 heteroatoms. The van der Waals surface area contributed by atoms with Gasteiger partial charge in [0, 0.05) is 31.0 Å². The molecule has 4 rings (SSSR count). The number of hydrogen-bond donors (Lipinski definition) is 0. The van der Waals surface area contributed by atoms with Crippen molar-refractivity contribution in [2.24, 2.45) is 0 Å². The van der Waals surface area contributed by atoms with Crippen LogP contribution in [0.1, 0.15) is 45.1 Å². The lowest BCUT2D eigenvalue weighted by molar-refractivity contribution is 0.102. The lowest BCUT2D eigenvalue weighted by atomic mass is 10.1. The predicted octanol–water partition coefficient (Wildman–Crippen LogP) is 4.85. The van der Waals surface area contributed by atoms with E-state index in [1.165, 1.54) is 39.7 Å². The topological polar surface area (TPSA) is 82.2 Å². The highest BCUT2D eigenvalue weighted by Crippen LogP contribution is 2.28. The second-order valence-electron chi connectivity index (χ2n) is 8.26. The second kappa shape index (κ2) is 10.8. The average molecular weight is 488 g/mol. The summed E-state index contributed by atoms with van der Waals surface area (Å²) in [5.41, 5.74) is 0.681. The van der Waals surface area contributed by atoms with Crippen LogP contribution >= 0.6 is 11.6 Å². The van der Waals surface area contributed by atoms with Gasteiger partial charge in [0.1, 0.15) is 5.82 Å². The Hall–Kier alpha value is -3.20. The Kier molecular flexibility index (Phi) is 7.62. The number of carbonyl (C=O) groups excluding carboxylic acids is 1. The molecule has 0 radical (unpaired) electrons. The molecule has 0 spiro atoms. The molecule has 0 N–H and O–H groups in total. The molecule has 8 nitrogen and oxygen atoms in total. The van der Waals surface area contributed by atoms with Gasteiger partial charge in [0.15, 0.2) is 5.82 Å². The Balaban J connectivity index is 1.66. The van der Waals surface area contributed by atoms with E-state index in [0.717, 1.165) is 19.3 Å². The van der Waals surface area contributed by atoms with Crippen LogP contribution < -0.4 is 5.69 Å². The van der Waals surface area contributed by atoms with E-state index in [2.05, 4.69) is 10.1 Å². The van der Waals surface area contributed by atoms with Crippen LogP contribution in [-0.4, -0.2) is 50.0 Å². The molecule has 0 aliphatic carbocycles. The fourth-order valence-electron chi connectivity index (χ4n) is 4.08. The number of ether oxygens (including phenoxy) is 1. The zero-order valence-electron chi connectivity index (χ0n) is 19.0. The lowest BCUT2D eigenvalue weighted by Crippen LogP contribution is -2.33. The summed E-state index contributed by atoms with van der Waals surface area (Å²) in [4.78, 5) is 31.7. The lowest BCUT2D eigenvalue weighted by Gasteiger charge is -2.20. The summed E-state index contributed by atoms with van der Waals surface area (Å²) >= 11 is 6.38. The molecular weight excluding hydrogens is 461 g/mol. The smallest absolute Gasteiger partial charge is 0.409 e. The first-order valence-corrected chi connectivity index (χ1v) is 11.9. The number of pyridine rings is 1. The molecule has 1 aromatic carbocycles. The SMILES string of the molecule is CCCCOC(=O)N1CCCC(n2nc(-c3ccncc3Cl)n(-c3ccc(F)cc3)c2=O)CC1. The van der Waals surface area contributed by atoms with Crippen molar-refractivity contribution in [2.75, 3.05) is 19.7 Å². The third-order valence-corrected chi connectivity index (χ3v) is 6.23. The second-order valence-corrected chi connectivity index (χ2v) is 8.66. The summed E-state index contributed by atoms with van der Waals surface area (Å²) in [5.74, 6) is -0.0496. The third kappa shape index (κ3) is 5.14. The number of rotatable bonds is 6. The van der Waals surface area contributed by atoms with E-state index in [0.29, 0.717) is 54.6 Å². The maximum atomic E-state index is 13.6. The average Bonchev–Trinajstić information content (AvgIpc) is 3.00. The molecule has 180 valence electrons. The minimum atomic E-state index is -0.401. The van der Waals surface area contributed by atoms with Gasteiger partial charge in [-0.25, -0.2) is 23.2 Å². The minimum absolute atomic E-state index is 0.206. The first-order chi connectivity index (χ1) is 16.5. The van der Waals surface area contributed by atoms with Crippen LogP contribution in [0.4, 0.5) is 9.18 Å². The van der Waals surface area contributed by atoms with Gasteiger partial charge in [-0.05, 0) is 56.0 Å². The van der Waals surface area contributed by atoms with Crippen molar-refractivity contribution in [3.63, 3.8) is 0 Å². The van der Waals surface area contributed by atoms with Crippen LogP contribution in [0.3, 0.4) is 0 Å². The highest BCUT2D eigenvalue weighted by molar-refractivity contribution is 6.33. The van der Waals surface area contributed by atoms with Gasteiger partial charge in [0.05, 0.1) is 23.4 Å². The van der Waals surface area contributed by atoms with E-state index in [-0.39, 0.29) is 17.8 Å². The van der Waals surface area contributed by atoms with E-state index in [4.69, 9.17) is 16.3 Å². The molecule has 3 aromatic rings. The number of nitrogens with zero attached hydrogens (tertiary/aromatic N) is 5. The highest BCUT2D eigenvalue weighted by Gasteiger charge is 2.27. The van der Waals surface area contributed by atoms with Gasteiger partial charge >= 0.3 is 11.8 Å². The summed E-state index contributed by atoms with van der Waals surface area (Å²) in [6, 6.07) is 7.14. The van der Waals surface area contributed by atoms with Gasteiger partial charge in [-0.15, -0.1) is 5.10 Å². The van der Waals surface area contributed by atoms with Crippen molar-refractivity contribution < 1.29 is 13.9 Å². The van der Waals surface area contributed by atoms with Crippen molar-refractivity contribution in [1.29, 1.82) is 0 Å². The fraction of sp³-hybridized carbons (Fsp3) is 0.417. The van der Waals surface area contributed by atoms with Crippen LogP contribution in [-0.2, 0) is 4.74 Å². The van der Waals surface area contributed by atoms with Crippen molar-refractivity contribution >= 4 is 17.7 Å². The number of likely N-dealkylation sites (tertiary alicyclic amines) is 1. The molecule has 3 heterocycles. The van der Waals surface area contributed by atoms with Crippen molar-refractivity contribution in [2.45, 2.75) is 45.1 Å². The minimum Gasteiger partial charge on any atom is -0.449 e. The molecule has 1 fully saturated rings. The van der Waals surface area contributed by atoms with Gasteiger partial charge in [-0.1, -0.05) is 24.9 Å². The first-order valence-electron chi connectivity index (χ1n) is 11.5. The zero-order chi connectivity index (χ0) is 24.1. The molecule has 1 atom stereocenters.